The number of piperidine rings is 1. The van der Waals surface area contributed by atoms with Crippen LogP contribution in [0.1, 0.15) is 97.6 Å². The van der Waals surface area contributed by atoms with Crippen LogP contribution in [0.5, 0.6) is 0 Å². The van der Waals surface area contributed by atoms with Gasteiger partial charge in [-0.2, -0.15) is 0 Å². The lowest BCUT2D eigenvalue weighted by Gasteiger charge is -2.42. The molecular weight excluding hydrogens is 793 g/mol. The van der Waals surface area contributed by atoms with Gasteiger partial charge in [0.1, 0.15) is 28.6 Å². The molecule has 2 aromatic rings. The van der Waals surface area contributed by atoms with Gasteiger partial charge in [0.25, 0.3) is 6.47 Å². The Hall–Kier alpha value is -4.97. The monoisotopic (exact) mass is 860 g/mol. The van der Waals surface area contributed by atoms with Gasteiger partial charge in [-0.05, 0) is 109 Å². The second kappa shape index (κ2) is 22.9. The van der Waals surface area contributed by atoms with Gasteiger partial charge in [0.15, 0.2) is 5.83 Å². The second-order valence-electron chi connectivity index (χ2n) is 17.2. The van der Waals surface area contributed by atoms with Crippen LogP contribution in [0.4, 0.5) is 13.6 Å². The molecule has 62 heavy (non-hydrogen) atoms. The normalized spacial score (nSPS) is 24.3. The zero-order valence-corrected chi connectivity index (χ0v) is 37.9. The smallest absolute Gasteiger partial charge is 0.410 e. The third-order valence-corrected chi connectivity index (χ3v) is 12.3. The number of aliphatic hydroxyl groups is 1. The summed E-state index contributed by atoms with van der Waals surface area (Å²) < 4.78 is 36.4. The highest BCUT2D eigenvalue weighted by molar-refractivity contribution is 6.29. The summed E-state index contributed by atoms with van der Waals surface area (Å²) in [5, 5.41) is 15.0. The van der Waals surface area contributed by atoms with Crippen LogP contribution in [-0.4, -0.2) is 144 Å². The highest BCUT2D eigenvalue weighted by atomic mass is 19.1. The van der Waals surface area contributed by atoms with Gasteiger partial charge in [0.2, 0.25) is 0 Å². The lowest BCUT2D eigenvalue weighted by molar-refractivity contribution is -0.122. The Kier molecular flexibility index (Phi) is 18.4. The maximum absolute atomic E-state index is 16.2. The van der Waals surface area contributed by atoms with E-state index in [0.29, 0.717) is 40.8 Å². The summed E-state index contributed by atoms with van der Waals surface area (Å²) in [6.45, 7) is 22.4. The van der Waals surface area contributed by atoms with Crippen molar-refractivity contribution >= 4 is 47.7 Å². The molecule has 12 nitrogen and oxygen atoms in total. The van der Waals surface area contributed by atoms with Crippen molar-refractivity contribution in [3.8, 4) is 12.3 Å². The number of aliphatic imine (C=N–C) groups is 3. The van der Waals surface area contributed by atoms with Crippen LogP contribution >= 0.6 is 0 Å². The number of ether oxygens (including phenoxy) is 1. The largest absolute Gasteiger partial charge is 0.483 e. The van der Waals surface area contributed by atoms with E-state index < -0.39 is 17.2 Å². The van der Waals surface area contributed by atoms with Crippen molar-refractivity contribution in [3.63, 3.8) is 0 Å². The molecule has 14 heteroatoms. The minimum absolute atomic E-state index is 0.00952. The Labute approximate surface area is 367 Å². The molecule has 5 aliphatic rings. The van der Waals surface area contributed by atoms with Gasteiger partial charge in [0, 0.05) is 63.0 Å². The Morgan fingerprint density at radius 3 is 2.21 bits per heavy atom. The number of likely N-dealkylation sites (tertiary alicyclic amines) is 3. The van der Waals surface area contributed by atoms with Crippen molar-refractivity contribution in [1.82, 2.24) is 19.6 Å². The zero-order valence-electron chi connectivity index (χ0n) is 37.9. The molecular formula is C48H67F2N7O5. The maximum atomic E-state index is 16.2. The fourth-order valence-corrected chi connectivity index (χ4v) is 9.49. The quantitative estimate of drug-likeness (QED) is 0.163. The van der Waals surface area contributed by atoms with Gasteiger partial charge in [-0.1, -0.05) is 51.0 Å². The van der Waals surface area contributed by atoms with E-state index in [4.69, 9.17) is 26.2 Å². The third kappa shape index (κ3) is 11.5. The number of aliphatic hydroxyl groups excluding tert-OH is 1. The summed E-state index contributed by atoms with van der Waals surface area (Å²) in [5.41, 5.74) is 0.280. The molecule has 1 amide bonds. The number of rotatable bonds is 7. The first kappa shape index (κ1) is 49.7. The molecule has 2 N–H and O–H groups in total. The van der Waals surface area contributed by atoms with Gasteiger partial charge in [-0.25, -0.2) is 18.6 Å². The highest BCUT2D eigenvalue weighted by Crippen LogP contribution is 2.38. The summed E-state index contributed by atoms with van der Waals surface area (Å²) in [4.78, 5) is 43.5. The molecule has 0 aliphatic carbocycles. The number of hydrogen-bond donors (Lipinski definition) is 2. The molecule has 7 rings (SSSR count). The van der Waals surface area contributed by atoms with Crippen molar-refractivity contribution in [1.29, 1.82) is 0 Å². The maximum Gasteiger partial charge on any atom is 0.410 e. The van der Waals surface area contributed by atoms with Gasteiger partial charge >= 0.3 is 6.09 Å². The average Bonchev–Trinajstić information content (AvgIpc) is 3.78. The van der Waals surface area contributed by atoms with E-state index in [0.717, 1.165) is 38.0 Å². The van der Waals surface area contributed by atoms with E-state index >= 15 is 4.39 Å². The lowest BCUT2D eigenvalue weighted by atomic mass is 9.94. The van der Waals surface area contributed by atoms with Crippen molar-refractivity contribution in [2.45, 2.75) is 116 Å². The van der Waals surface area contributed by atoms with Crippen LogP contribution in [0.15, 0.2) is 62.5 Å². The number of fused-ring (bicyclic) bond motifs is 3. The standard InChI is InChI=1S/C31H31F2N5O2.C15H30N2.CH2O2.CH4O/c1-7-21-24(32)14-11-18-9-8-10-22(25(18)21)28-26(33)27(34-5)23(15-36-28)29(35-6)37-16-19-12-13-20(17-37)38(19)30(39)40-31(2,3)4;1-4-14-6-7-15(17(14)5-2)12-16-10-8-13(3)9-11-16;2-1-3;1-2/h1,8-11,14-15,19-20H,6,12-13,16-17H2,2-5H3;13-15H,4-12H2,1-3H3;1H,(H,2,3);2H,1H3/b29-23+,34-27?;;;. The number of halogens is 2. The Balaban J connectivity index is 0.000000319. The average molecular weight is 860 g/mol. The van der Waals surface area contributed by atoms with Gasteiger partial charge in [-0.3, -0.25) is 24.6 Å². The lowest BCUT2D eigenvalue weighted by Crippen LogP contribution is -2.56. The summed E-state index contributed by atoms with van der Waals surface area (Å²) >= 11 is 0. The SMILES string of the molecule is C#Cc1c(F)ccc2cccc(C3=C(F)C(=NC)/C(=C(\N=C)N4CC5CCC(C4)N5C(=O)OC(C)(C)C)C=N3)c12.CCC1CCC(CN2CCC(C)CC2)N1CC.CO.O=CO. The first-order valence-corrected chi connectivity index (χ1v) is 21.8. The molecule has 4 saturated heterocycles. The van der Waals surface area contributed by atoms with Crippen molar-refractivity contribution < 1.29 is 33.3 Å². The molecule has 5 aliphatic heterocycles. The van der Waals surface area contributed by atoms with Crippen LogP contribution in [0, 0.1) is 24.1 Å². The predicted molar refractivity (Wildman–Crippen MR) is 246 cm³/mol. The minimum Gasteiger partial charge on any atom is -0.483 e. The van der Waals surface area contributed by atoms with E-state index in [9.17, 15) is 9.18 Å². The second-order valence-corrected chi connectivity index (χ2v) is 17.2. The number of piperazine rings is 1. The van der Waals surface area contributed by atoms with E-state index in [-0.39, 0.29) is 41.6 Å². The Morgan fingerprint density at radius 2 is 1.66 bits per heavy atom. The van der Waals surface area contributed by atoms with Gasteiger partial charge < -0.3 is 24.7 Å². The summed E-state index contributed by atoms with van der Waals surface area (Å²) in [6, 6.07) is 9.67. The molecule has 0 spiro atoms. The fraction of sp³-hybridized carbons (Fsp3) is 0.562. The van der Waals surface area contributed by atoms with Crippen LogP contribution in [-0.2, 0) is 9.53 Å². The number of terminal acetylenes is 1. The summed E-state index contributed by atoms with van der Waals surface area (Å²) in [5.74, 6) is 2.56. The first-order valence-electron chi connectivity index (χ1n) is 21.8. The van der Waals surface area contributed by atoms with Crippen LogP contribution in [0.3, 0.4) is 0 Å². The third-order valence-electron chi connectivity index (χ3n) is 12.3. The molecule has 338 valence electrons. The number of carboxylic acid groups (broad SMARTS) is 1. The van der Waals surface area contributed by atoms with Crippen LogP contribution < -0.4 is 0 Å². The molecule has 5 heterocycles. The van der Waals surface area contributed by atoms with Crippen molar-refractivity contribution in [2.75, 3.05) is 53.4 Å². The molecule has 2 bridgehead atoms. The zero-order chi connectivity index (χ0) is 45.7. The Morgan fingerprint density at radius 1 is 1.03 bits per heavy atom. The number of carbonyl (C=O) groups excluding carboxylic acids is 1. The van der Waals surface area contributed by atoms with Gasteiger partial charge in [0.05, 0.1) is 23.2 Å². The predicted octanol–water partition coefficient (Wildman–Crippen LogP) is 8.04. The van der Waals surface area contributed by atoms with E-state index in [1.54, 1.807) is 24.3 Å². The first-order chi connectivity index (χ1) is 29.7. The van der Waals surface area contributed by atoms with Gasteiger partial charge in [-0.15, -0.1) is 6.42 Å². The molecule has 4 unspecified atom stereocenters. The number of nitrogens with zero attached hydrogens (tertiary/aromatic N) is 7. The Bertz CT molecular complexity index is 2030. The molecule has 4 fully saturated rings. The number of amides is 1. The highest BCUT2D eigenvalue weighted by Gasteiger charge is 2.45. The van der Waals surface area contributed by atoms with Crippen molar-refractivity contribution in [3.05, 3.63) is 64.5 Å². The number of allylic oxidation sites excluding steroid dienone is 2. The fourth-order valence-electron chi connectivity index (χ4n) is 9.49. The molecule has 0 radical (unpaired) electrons. The number of likely N-dealkylation sites (N-methyl/N-ethyl adjacent to an activating group) is 1. The van der Waals surface area contributed by atoms with Crippen LogP contribution in [0.25, 0.3) is 16.5 Å². The number of carbonyl (C=O) groups is 2. The summed E-state index contributed by atoms with van der Waals surface area (Å²) in [6.07, 6.45) is 15.5. The minimum atomic E-state index is -0.670. The molecule has 4 atom stereocenters. The van der Waals surface area contributed by atoms with Crippen LogP contribution in [0.2, 0.25) is 0 Å². The van der Waals surface area contributed by atoms with Crippen molar-refractivity contribution in [2.24, 2.45) is 20.9 Å². The van der Waals surface area contributed by atoms with E-state index in [1.165, 1.54) is 77.6 Å². The van der Waals surface area contributed by atoms with E-state index in [2.05, 4.69) is 58.2 Å². The molecule has 0 saturated carbocycles. The number of benzene rings is 2. The number of hydrogen-bond acceptors (Lipinski definition) is 10. The summed E-state index contributed by atoms with van der Waals surface area (Å²) in [7, 11) is 2.49. The topological polar surface area (TPSA) is 134 Å². The molecule has 0 aromatic heterocycles. The molecule has 2 aromatic carbocycles. The van der Waals surface area contributed by atoms with E-state index in [1.807, 2.05) is 30.6 Å².